The van der Waals surface area contributed by atoms with E-state index in [-0.39, 0.29) is 12.5 Å². The molecule has 0 heterocycles. The molecule has 5 heteroatoms. The van der Waals surface area contributed by atoms with Gasteiger partial charge in [0.25, 0.3) is 0 Å². The van der Waals surface area contributed by atoms with E-state index in [9.17, 15) is 9.59 Å². The largest absolute Gasteiger partial charge is 0.464 e. The van der Waals surface area contributed by atoms with Gasteiger partial charge in [0.1, 0.15) is 6.54 Å². The lowest BCUT2D eigenvalue weighted by Crippen LogP contribution is -2.18. The van der Waals surface area contributed by atoms with E-state index in [4.69, 9.17) is 10.5 Å². The molecule has 0 radical (unpaired) electrons. The minimum absolute atomic E-state index is 0.105. The number of hydrogen-bond donors (Lipinski definition) is 2. The Hall–Kier alpha value is -2.04. The Labute approximate surface area is 113 Å². The summed E-state index contributed by atoms with van der Waals surface area (Å²) in [5, 5.41) is 2.92. The summed E-state index contributed by atoms with van der Waals surface area (Å²) >= 11 is 0. The van der Waals surface area contributed by atoms with Gasteiger partial charge in [-0.1, -0.05) is 13.8 Å². The highest BCUT2D eigenvalue weighted by atomic mass is 16.5. The molecule has 0 aliphatic heterocycles. The number of nitrogens with two attached hydrogens (primary N) is 1. The number of nitrogens with one attached hydrogen (secondary N) is 1. The molecule has 0 saturated carbocycles. The lowest BCUT2D eigenvalue weighted by molar-refractivity contribution is -0.141. The van der Waals surface area contributed by atoms with Gasteiger partial charge in [0.2, 0.25) is 5.91 Å². The second kappa shape index (κ2) is 7.41. The highest BCUT2D eigenvalue weighted by Crippen LogP contribution is 2.08. The van der Waals surface area contributed by atoms with Gasteiger partial charge in [0.05, 0.1) is 6.61 Å². The maximum Gasteiger partial charge on any atom is 0.325 e. The molecule has 1 amide bonds. The zero-order chi connectivity index (χ0) is 14.3. The van der Waals surface area contributed by atoms with Gasteiger partial charge >= 0.3 is 5.97 Å². The molecule has 0 aliphatic carbocycles. The van der Waals surface area contributed by atoms with E-state index in [1.165, 1.54) is 0 Å². The van der Waals surface area contributed by atoms with Gasteiger partial charge in [-0.2, -0.15) is 0 Å². The Balaban J connectivity index is 2.32. The zero-order valence-corrected chi connectivity index (χ0v) is 11.3. The molecule has 0 unspecified atom stereocenters. The monoisotopic (exact) mass is 264 g/mol. The van der Waals surface area contributed by atoms with Crippen molar-refractivity contribution in [1.82, 2.24) is 0 Å². The molecule has 104 valence electrons. The number of hydrogen-bond acceptors (Lipinski definition) is 4. The first-order valence-electron chi connectivity index (χ1n) is 6.28. The number of carbonyl (C=O) groups excluding carboxylic acids is 2. The summed E-state index contributed by atoms with van der Waals surface area (Å²) in [4.78, 5) is 22.3. The molecule has 1 aromatic carbocycles. The third kappa shape index (κ3) is 5.90. The van der Waals surface area contributed by atoms with Crippen LogP contribution in [0.25, 0.3) is 0 Å². The zero-order valence-electron chi connectivity index (χ0n) is 11.3. The summed E-state index contributed by atoms with van der Waals surface area (Å²) in [6.45, 7) is 4.70. The Kier molecular flexibility index (Phi) is 5.85. The lowest BCUT2D eigenvalue weighted by Gasteiger charge is -2.08. The average Bonchev–Trinajstić information content (AvgIpc) is 2.36. The van der Waals surface area contributed by atoms with Crippen LogP contribution >= 0.6 is 0 Å². The molecule has 19 heavy (non-hydrogen) atoms. The topological polar surface area (TPSA) is 81.4 Å². The van der Waals surface area contributed by atoms with Crippen molar-refractivity contribution < 1.29 is 14.3 Å². The van der Waals surface area contributed by atoms with E-state index in [2.05, 4.69) is 19.2 Å². The van der Waals surface area contributed by atoms with Crippen molar-refractivity contribution in [2.75, 3.05) is 18.5 Å². The Morgan fingerprint density at radius 3 is 2.42 bits per heavy atom. The first-order valence-corrected chi connectivity index (χ1v) is 6.28. The molecule has 0 saturated heterocycles. The van der Waals surface area contributed by atoms with Crippen LogP contribution in [-0.2, 0) is 9.53 Å². The van der Waals surface area contributed by atoms with Crippen LogP contribution in [0.2, 0.25) is 0 Å². The normalized spacial score (nSPS) is 10.3. The predicted molar refractivity (Wildman–Crippen MR) is 73.9 cm³/mol. The molecule has 5 nitrogen and oxygen atoms in total. The van der Waals surface area contributed by atoms with Crippen molar-refractivity contribution in [2.45, 2.75) is 20.3 Å². The van der Waals surface area contributed by atoms with Gasteiger partial charge in [-0.3, -0.25) is 9.59 Å². The van der Waals surface area contributed by atoms with Crippen LogP contribution in [0.5, 0.6) is 0 Å². The Bertz CT molecular complexity index is 427. The highest BCUT2D eigenvalue weighted by Gasteiger charge is 2.04. The summed E-state index contributed by atoms with van der Waals surface area (Å²) in [7, 11) is 0. The highest BCUT2D eigenvalue weighted by molar-refractivity contribution is 5.93. The number of esters is 1. The minimum Gasteiger partial charge on any atom is -0.464 e. The number of anilines is 1. The number of carbonyl (C=O) groups is 2. The maximum atomic E-state index is 11.4. The first kappa shape index (κ1) is 15.0. The quantitative estimate of drug-likeness (QED) is 0.736. The molecule has 3 N–H and O–H groups in total. The van der Waals surface area contributed by atoms with E-state index in [0.29, 0.717) is 18.1 Å². The van der Waals surface area contributed by atoms with E-state index in [0.717, 1.165) is 12.1 Å². The molecule has 0 spiro atoms. The van der Waals surface area contributed by atoms with Gasteiger partial charge in [0.15, 0.2) is 0 Å². The second-order valence-electron chi connectivity index (χ2n) is 4.70. The molecule has 0 fully saturated rings. The number of benzene rings is 1. The van der Waals surface area contributed by atoms with Crippen molar-refractivity contribution in [1.29, 1.82) is 0 Å². The van der Waals surface area contributed by atoms with Gasteiger partial charge in [-0.15, -0.1) is 0 Å². The van der Waals surface area contributed by atoms with Crippen LogP contribution in [0.4, 0.5) is 5.69 Å². The fourth-order valence-corrected chi connectivity index (χ4v) is 1.39. The SMILES string of the molecule is CC(C)CCOC(=O)CNc1ccc(C(N)=O)cc1. The third-order valence-electron chi connectivity index (χ3n) is 2.56. The number of rotatable bonds is 7. The summed E-state index contributed by atoms with van der Waals surface area (Å²) in [5.74, 6) is -0.249. The lowest BCUT2D eigenvalue weighted by atomic mass is 10.1. The predicted octanol–water partition coefficient (Wildman–Crippen LogP) is 1.79. The summed E-state index contributed by atoms with van der Waals surface area (Å²) in [5.41, 5.74) is 6.31. The standard InChI is InChI=1S/C14H20N2O3/c1-10(2)7-8-19-13(17)9-16-12-5-3-11(4-6-12)14(15)18/h3-6,10,16H,7-9H2,1-2H3,(H2,15,18). The van der Waals surface area contributed by atoms with Gasteiger partial charge in [-0.25, -0.2) is 0 Å². The molecule has 0 bridgehead atoms. The van der Waals surface area contributed by atoms with Crippen molar-refractivity contribution in [3.8, 4) is 0 Å². The van der Waals surface area contributed by atoms with Crippen LogP contribution in [0, 0.1) is 5.92 Å². The average molecular weight is 264 g/mol. The van der Waals surface area contributed by atoms with Crippen LogP contribution < -0.4 is 11.1 Å². The second-order valence-corrected chi connectivity index (χ2v) is 4.70. The number of primary amides is 1. The van der Waals surface area contributed by atoms with Gasteiger partial charge in [0, 0.05) is 11.3 Å². The minimum atomic E-state index is -0.473. The van der Waals surface area contributed by atoms with Crippen molar-refractivity contribution in [2.24, 2.45) is 11.7 Å². The van der Waals surface area contributed by atoms with Gasteiger partial charge < -0.3 is 15.8 Å². The third-order valence-corrected chi connectivity index (χ3v) is 2.56. The number of ether oxygens (including phenoxy) is 1. The Morgan fingerprint density at radius 2 is 1.89 bits per heavy atom. The van der Waals surface area contributed by atoms with Gasteiger partial charge in [-0.05, 0) is 36.6 Å². The van der Waals surface area contributed by atoms with Crippen LogP contribution in [-0.4, -0.2) is 25.0 Å². The Morgan fingerprint density at radius 1 is 1.26 bits per heavy atom. The fourth-order valence-electron chi connectivity index (χ4n) is 1.39. The molecular weight excluding hydrogens is 244 g/mol. The summed E-state index contributed by atoms with van der Waals surface area (Å²) in [6, 6.07) is 6.60. The first-order chi connectivity index (χ1) is 8.99. The molecule has 1 aromatic rings. The fraction of sp³-hybridized carbons (Fsp3) is 0.429. The molecular formula is C14H20N2O3. The molecule has 0 aromatic heterocycles. The molecule has 1 rings (SSSR count). The summed E-state index contributed by atoms with van der Waals surface area (Å²) in [6.07, 6.45) is 0.860. The van der Waals surface area contributed by atoms with Crippen molar-refractivity contribution in [3.05, 3.63) is 29.8 Å². The van der Waals surface area contributed by atoms with E-state index in [1.807, 2.05) is 0 Å². The van der Waals surface area contributed by atoms with Crippen molar-refractivity contribution in [3.63, 3.8) is 0 Å². The number of amides is 1. The van der Waals surface area contributed by atoms with Crippen molar-refractivity contribution >= 4 is 17.6 Å². The molecule has 0 aliphatic rings. The van der Waals surface area contributed by atoms with E-state index >= 15 is 0 Å². The van der Waals surface area contributed by atoms with E-state index < -0.39 is 5.91 Å². The maximum absolute atomic E-state index is 11.4. The smallest absolute Gasteiger partial charge is 0.325 e. The van der Waals surface area contributed by atoms with E-state index in [1.54, 1.807) is 24.3 Å². The van der Waals surface area contributed by atoms with Crippen LogP contribution in [0.3, 0.4) is 0 Å². The summed E-state index contributed by atoms with van der Waals surface area (Å²) < 4.78 is 5.06. The van der Waals surface area contributed by atoms with Crippen LogP contribution in [0.15, 0.2) is 24.3 Å². The van der Waals surface area contributed by atoms with Crippen LogP contribution in [0.1, 0.15) is 30.6 Å². The molecule has 0 atom stereocenters.